The molecule has 23 heavy (non-hydrogen) atoms. The molecular weight excluding hydrogens is 316 g/mol. The molecule has 7 nitrogen and oxygen atoms in total. The van der Waals surface area contributed by atoms with E-state index in [9.17, 15) is 9.59 Å². The van der Waals surface area contributed by atoms with Crippen LogP contribution in [0, 0.1) is 0 Å². The first kappa shape index (κ1) is 15.4. The SMILES string of the molecule is NCCCC(=O)Nc1nc(-c2ccc3c(c2)NC(=O)CO3)cs1. The van der Waals surface area contributed by atoms with Crippen molar-refractivity contribution in [3.8, 4) is 17.0 Å². The van der Waals surface area contributed by atoms with Gasteiger partial charge in [0.25, 0.3) is 5.91 Å². The van der Waals surface area contributed by atoms with Crippen LogP contribution in [0.25, 0.3) is 11.3 Å². The number of thiazole rings is 1. The molecule has 0 radical (unpaired) electrons. The number of nitrogens with two attached hydrogens (primary N) is 1. The summed E-state index contributed by atoms with van der Waals surface area (Å²) in [5.74, 6) is 0.363. The van der Waals surface area contributed by atoms with Crippen molar-refractivity contribution in [2.75, 3.05) is 23.8 Å². The van der Waals surface area contributed by atoms with E-state index in [-0.39, 0.29) is 18.4 Å². The van der Waals surface area contributed by atoms with E-state index in [0.717, 1.165) is 11.3 Å². The molecule has 8 heteroatoms. The molecule has 3 rings (SSSR count). The Kier molecular flexibility index (Phi) is 4.54. The summed E-state index contributed by atoms with van der Waals surface area (Å²) in [6.07, 6.45) is 1.03. The fourth-order valence-corrected chi connectivity index (χ4v) is 2.89. The lowest BCUT2D eigenvalue weighted by molar-refractivity contribution is -0.118. The molecule has 120 valence electrons. The maximum Gasteiger partial charge on any atom is 0.262 e. The third kappa shape index (κ3) is 3.66. The Hall–Kier alpha value is -2.45. The van der Waals surface area contributed by atoms with Gasteiger partial charge in [-0.15, -0.1) is 11.3 Å². The van der Waals surface area contributed by atoms with Crippen LogP contribution in [-0.2, 0) is 9.59 Å². The van der Waals surface area contributed by atoms with Gasteiger partial charge in [-0.25, -0.2) is 4.98 Å². The number of ether oxygens (including phenoxy) is 1. The number of nitrogens with zero attached hydrogens (tertiary/aromatic N) is 1. The van der Waals surface area contributed by atoms with Crippen molar-refractivity contribution in [1.82, 2.24) is 4.98 Å². The highest BCUT2D eigenvalue weighted by atomic mass is 32.1. The van der Waals surface area contributed by atoms with E-state index in [1.165, 1.54) is 11.3 Å². The van der Waals surface area contributed by atoms with Crippen LogP contribution in [0.3, 0.4) is 0 Å². The average Bonchev–Trinajstić information content (AvgIpc) is 3.00. The molecular formula is C15H16N4O3S. The van der Waals surface area contributed by atoms with Gasteiger partial charge in [0.2, 0.25) is 5.91 Å². The first-order chi connectivity index (χ1) is 11.2. The number of anilines is 2. The van der Waals surface area contributed by atoms with Crippen molar-refractivity contribution in [2.45, 2.75) is 12.8 Å². The summed E-state index contributed by atoms with van der Waals surface area (Å²) in [5.41, 5.74) is 7.58. The number of hydrogen-bond acceptors (Lipinski definition) is 6. The molecule has 2 aromatic rings. The van der Waals surface area contributed by atoms with E-state index >= 15 is 0 Å². The van der Waals surface area contributed by atoms with Crippen molar-refractivity contribution in [3.63, 3.8) is 0 Å². The minimum Gasteiger partial charge on any atom is -0.482 e. The minimum absolute atomic E-state index is 0.0298. The predicted octanol–water partition coefficient (Wildman–Crippen LogP) is 1.82. The Morgan fingerprint density at radius 1 is 1.48 bits per heavy atom. The summed E-state index contributed by atoms with van der Waals surface area (Å²) >= 11 is 1.35. The molecule has 0 atom stereocenters. The smallest absolute Gasteiger partial charge is 0.262 e. The van der Waals surface area contributed by atoms with Gasteiger partial charge in [-0.05, 0) is 31.2 Å². The highest BCUT2D eigenvalue weighted by Gasteiger charge is 2.17. The van der Waals surface area contributed by atoms with Crippen LogP contribution in [0.2, 0.25) is 0 Å². The second-order valence-corrected chi connectivity index (χ2v) is 5.88. The molecule has 0 aliphatic carbocycles. The Morgan fingerprint density at radius 2 is 2.35 bits per heavy atom. The van der Waals surface area contributed by atoms with Crippen LogP contribution in [-0.4, -0.2) is 29.9 Å². The summed E-state index contributed by atoms with van der Waals surface area (Å²) in [5, 5.41) is 7.91. The number of benzene rings is 1. The third-order valence-electron chi connectivity index (χ3n) is 3.27. The molecule has 0 bridgehead atoms. The fourth-order valence-electron chi connectivity index (χ4n) is 2.15. The first-order valence-electron chi connectivity index (χ1n) is 7.18. The van der Waals surface area contributed by atoms with Crippen LogP contribution in [0.4, 0.5) is 10.8 Å². The zero-order valence-electron chi connectivity index (χ0n) is 12.3. The summed E-state index contributed by atoms with van der Waals surface area (Å²) in [4.78, 5) is 27.5. The van der Waals surface area contributed by atoms with Gasteiger partial charge >= 0.3 is 0 Å². The lowest BCUT2D eigenvalue weighted by Gasteiger charge is -2.18. The van der Waals surface area contributed by atoms with E-state index in [2.05, 4.69) is 15.6 Å². The maximum absolute atomic E-state index is 11.7. The molecule has 0 saturated heterocycles. The molecule has 1 aliphatic rings. The van der Waals surface area contributed by atoms with Crippen LogP contribution in [0.1, 0.15) is 12.8 Å². The second-order valence-electron chi connectivity index (χ2n) is 5.03. The van der Waals surface area contributed by atoms with E-state index in [0.29, 0.717) is 36.0 Å². The fraction of sp³-hybridized carbons (Fsp3) is 0.267. The molecule has 2 heterocycles. The number of fused-ring (bicyclic) bond motifs is 1. The molecule has 0 unspecified atom stereocenters. The lowest BCUT2D eigenvalue weighted by Crippen LogP contribution is -2.25. The number of hydrogen-bond donors (Lipinski definition) is 3. The van der Waals surface area contributed by atoms with Gasteiger partial charge in [0.1, 0.15) is 5.75 Å². The standard InChI is InChI=1S/C15H16N4O3S/c16-5-1-2-13(20)19-15-18-11(8-23-15)9-3-4-12-10(6-9)17-14(21)7-22-12/h3-4,6,8H,1-2,5,7,16H2,(H,17,21)(H,18,19,20). The minimum atomic E-state index is -0.180. The lowest BCUT2D eigenvalue weighted by atomic mass is 10.1. The zero-order chi connectivity index (χ0) is 16.2. The molecule has 1 aromatic heterocycles. The molecule has 0 fully saturated rings. The average molecular weight is 332 g/mol. The van der Waals surface area contributed by atoms with E-state index in [1.807, 2.05) is 17.5 Å². The van der Waals surface area contributed by atoms with Gasteiger partial charge in [-0.3, -0.25) is 9.59 Å². The first-order valence-corrected chi connectivity index (χ1v) is 8.06. The molecule has 0 spiro atoms. The number of amides is 2. The van der Waals surface area contributed by atoms with Gasteiger partial charge < -0.3 is 21.1 Å². The van der Waals surface area contributed by atoms with Crippen molar-refractivity contribution in [2.24, 2.45) is 5.73 Å². The Bertz CT molecular complexity index is 744. The normalized spacial score (nSPS) is 13.0. The van der Waals surface area contributed by atoms with Gasteiger partial charge in [-0.1, -0.05) is 0 Å². The number of carbonyl (C=O) groups is 2. The van der Waals surface area contributed by atoms with Crippen LogP contribution in [0.15, 0.2) is 23.6 Å². The topological polar surface area (TPSA) is 106 Å². The van der Waals surface area contributed by atoms with Crippen molar-refractivity contribution in [3.05, 3.63) is 23.6 Å². The summed E-state index contributed by atoms with van der Waals surface area (Å²) in [6, 6.07) is 5.47. The number of carbonyl (C=O) groups excluding carboxylic acids is 2. The molecule has 4 N–H and O–H groups in total. The van der Waals surface area contributed by atoms with Crippen LogP contribution in [0.5, 0.6) is 5.75 Å². The monoisotopic (exact) mass is 332 g/mol. The van der Waals surface area contributed by atoms with Gasteiger partial charge in [0.05, 0.1) is 11.4 Å². The summed E-state index contributed by atoms with van der Waals surface area (Å²) in [7, 11) is 0. The van der Waals surface area contributed by atoms with Crippen molar-refractivity contribution >= 4 is 34.0 Å². The highest BCUT2D eigenvalue weighted by molar-refractivity contribution is 7.14. The highest BCUT2D eigenvalue weighted by Crippen LogP contribution is 2.33. The predicted molar refractivity (Wildman–Crippen MR) is 88.6 cm³/mol. The Labute approximate surface area is 136 Å². The van der Waals surface area contributed by atoms with Crippen LogP contribution >= 0.6 is 11.3 Å². The van der Waals surface area contributed by atoms with E-state index in [1.54, 1.807) is 6.07 Å². The zero-order valence-corrected chi connectivity index (χ0v) is 13.1. The van der Waals surface area contributed by atoms with Gasteiger partial charge in [0.15, 0.2) is 11.7 Å². The number of aromatic nitrogens is 1. The van der Waals surface area contributed by atoms with E-state index < -0.39 is 0 Å². The molecule has 2 amide bonds. The molecule has 1 aliphatic heterocycles. The quantitative estimate of drug-likeness (QED) is 0.774. The molecule has 0 saturated carbocycles. The largest absolute Gasteiger partial charge is 0.482 e. The maximum atomic E-state index is 11.7. The van der Waals surface area contributed by atoms with E-state index in [4.69, 9.17) is 10.5 Å². The number of nitrogens with one attached hydrogen (secondary N) is 2. The second kappa shape index (κ2) is 6.76. The van der Waals surface area contributed by atoms with Crippen LogP contribution < -0.4 is 21.1 Å². The van der Waals surface area contributed by atoms with Crippen molar-refractivity contribution < 1.29 is 14.3 Å². The Balaban J connectivity index is 1.74. The summed E-state index contributed by atoms with van der Waals surface area (Å²) in [6.45, 7) is 0.515. The van der Waals surface area contributed by atoms with Crippen molar-refractivity contribution in [1.29, 1.82) is 0 Å². The van der Waals surface area contributed by atoms with Gasteiger partial charge in [-0.2, -0.15) is 0 Å². The summed E-state index contributed by atoms with van der Waals surface area (Å²) < 4.78 is 5.32. The third-order valence-corrected chi connectivity index (χ3v) is 4.02. The van der Waals surface area contributed by atoms with Gasteiger partial charge in [0, 0.05) is 17.4 Å². The Morgan fingerprint density at radius 3 is 3.17 bits per heavy atom. The molecule has 1 aromatic carbocycles. The number of rotatable bonds is 5.